The topological polar surface area (TPSA) is 58.6 Å². The van der Waals surface area contributed by atoms with E-state index in [1.165, 1.54) is 0 Å². The summed E-state index contributed by atoms with van der Waals surface area (Å²) < 4.78 is 6.21. The van der Waals surface area contributed by atoms with Crippen molar-refractivity contribution >= 4 is 33.4 Å². The van der Waals surface area contributed by atoms with Crippen LogP contribution in [0.1, 0.15) is 25.7 Å². The van der Waals surface area contributed by atoms with Gasteiger partial charge in [-0.05, 0) is 31.0 Å². The molecule has 1 amide bonds. The summed E-state index contributed by atoms with van der Waals surface area (Å²) in [6.07, 6.45) is 3.51. The normalized spacial score (nSPS) is 16.9. The summed E-state index contributed by atoms with van der Waals surface area (Å²) in [6.45, 7) is 0.167. The third-order valence-corrected chi connectivity index (χ3v) is 4.19. The Bertz CT molecular complexity index is 489. The van der Waals surface area contributed by atoms with E-state index in [1.54, 1.807) is 18.2 Å². The van der Waals surface area contributed by atoms with Gasteiger partial charge in [0.15, 0.2) is 6.61 Å². The van der Waals surface area contributed by atoms with E-state index in [2.05, 4.69) is 21.2 Å². The molecule has 2 N–H and O–H groups in total. The highest BCUT2D eigenvalue weighted by atomic mass is 79.9. The fraction of sp³-hybridized carbons (Fsp3) is 0.500. The Hall–Kier alpha value is -0.780. The molecular weight excluding hydrogens is 346 g/mol. The predicted octanol–water partition coefficient (Wildman–Crippen LogP) is 2.90. The van der Waals surface area contributed by atoms with Crippen LogP contribution >= 0.6 is 27.5 Å². The molecule has 0 heterocycles. The van der Waals surface area contributed by atoms with Crippen molar-refractivity contribution in [3.8, 4) is 5.75 Å². The maximum atomic E-state index is 11.7. The minimum Gasteiger partial charge on any atom is -0.482 e. The zero-order valence-electron chi connectivity index (χ0n) is 11.0. The summed E-state index contributed by atoms with van der Waals surface area (Å²) in [5, 5.41) is 13.3. The molecule has 0 aromatic heterocycles. The standard InChI is InChI=1S/C14H17BrClNO3/c15-10-3-4-12(11(16)7-10)20-8-13(18)17-9-14(19)5-1-2-6-14/h3-4,7,19H,1-2,5-6,8-9H2,(H,17,18). The van der Waals surface area contributed by atoms with Crippen molar-refractivity contribution < 1.29 is 14.6 Å². The zero-order chi connectivity index (χ0) is 14.6. The van der Waals surface area contributed by atoms with E-state index in [4.69, 9.17) is 16.3 Å². The van der Waals surface area contributed by atoms with Crippen molar-refractivity contribution in [1.29, 1.82) is 0 Å². The van der Waals surface area contributed by atoms with Gasteiger partial charge >= 0.3 is 0 Å². The Balaban J connectivity index is 1.77. The molecule has 0 bridgehead atoms. The number of ether oxygens (including phenoxy) is 1. The second kappa shape index (κ2) is 6.78. The van der Waals surface area contributed by atoms with Gasteiger partial charge in [-0.15, -0.1) is 0 Å². The maximum absolute atomic E-state index is 11.7. The second-order valence-corrected chi connectivity index (χ2v) is 6.39. The molecule has 1 saturated carbocycles. The van der Waals surface area contributed by atoms with Gasteiger partial charge in [0, 0.05) is 11.0 Å². The molecule has 0 aliphatic heterocycles. The van der Waals surface area contributed by atoms with Gasteiger partial charge in [-0.2, -0.15) is 0 Å². The number of nitrogens with one attached hydrogen (secondary N) is 1. The Morgan fingerprint density at radius 2 is 2.15 bits per heavy atom. The average Bonchev–Trinajstić information content (AvgIpc) is 2.83. The Kier molecular flexibility index (Phi) is 5.29. The van der Waals surface area contributed by atoms with Gasteiger partial charge < -0.3 is 15.2 Å². The maximum Gasteiger partial charge on any atom is 0.258 e. The van der Waals surface area contributed by atoms with Crippen LogP contribution in [-0.4, -0.2) is 29.8 Å². The highest BCUT2D eigenvalue weighted by Crippen LogP contribution is 2.29. The van der Waals surface area contributed by atoms with Gasteiger partial charge in [-0.1, -0.05) is 40.4 Å². The molecule has 1 aliphatic rings. The van der Waals surface area contributed by atoms with Crippen molar-refractivity contribution in [1.82, 2.24) is 5.32 Å². The summed E-state index contributed by atoms with van der Waals surface area (Å²) in [5.41, 5.74) is -0.745. The van der Waals surface area contributed by atoms with Gasteiger partial charge in [0.05, 0.1) is 10.6 Å². The van der Waals surface area contributed by atoms with Crippen LogP contribution in [0.4, 0.5) is 0 Å². The summed E-state index contributed by atoms with van der Waals surface area (Å²) in [7, 11) is 0. The number of hydrogen-bond donors (Lipinski definition) is 2. The number of benzene rings is 1. The fourth-order valence-corrected chi connectivity index (χ4v) is 2.99. The molecule has 6 heteroatoms. The summed E-state index contributed by atoms with van der Waals surface area (Å²) >= 11 is 9.29. The van der Waals surface area contributed by atoms with Crippen molar-refractivity contribution in [2.45, 2.75) is 31.3 Å². The number of amides is 1. The third kappa shape index (κ3) is 4.36. The molecule has 0 saturated heterocycles. The van der Waals surface area contributed by atoms with E-state index in [0.717, 1.165) is 30.2 Å². The molecule has 0 spiro atoms. The third-order valence-electron chi connectivity index (χ3n) is 3.40. The number of carbonyl (C=O) groups excluding carboxylic acids is 1. The molecule has 1 fully saturated rings. The first-order valence-electron chi connectivity index (χ1n) is 6.55. The van der Waals surface area contributed by atoms with Crippen molar-refractivity contribution in [3.05, 3.63) is 27.7 Å². The van der Waals surface area contributed by atoms with Crippen molar-refractivity contribution in [3.63, 3.8) is 0 Å². The van der Waals surface area contributed by atoms with Gasteiger partial charge in [-0.3, -0.25) is 4.79 Å². The lowest BCUT2D eigenvalue weighted by Crippen LogP contribution is -2.42. The summed E-state index contributed by atoms with van der Waals surface area (Å²) in [5.74, 6) is 0.203. The van der Waals surface area contributed by atoms with Crippen LogP contribution in [0.3, 0.4) is 0 Å². The fourth-order valence-electron chi connectivity index (χ4n) is 2.26. The highest BCUT2D eigenvalue weighted by molar-refractivity contribution is 9.10. The number of aliphatic hydroxyl groups is 1. The van der Waals surface area contributed by atoms with Crippen LogP contribution in [0.5, 0.6) is 5.75 Å². The predicted molar refractivity (Wildman–Crippen MR) is 81.1 cm³/mol. The quantitative estimate of drug-likeness (QED) is 0.847. The average molecular weight is 363 g/mol. The number of rotatable bonds is 5. The molecule has 0 atom stereocenters. The SMILES string of the molecule is O=C(COc1ccc(Br)cc1Cl)NCC1(O)CCCC1. The molecule has 2 rings (SSSR count). The molecule has 1 aromatic carbocycles. The van der Waals surface area contributed by atoms with Crippen molar-refractivity contribution in [2.75, 3.05) is 13.2 Å². The van der Waals surface area contributed by atoms with Crippen LogP contribution in [0, 0.1) is 0 Å². The monoisotopic (exact) mass is 361 g/mol. The Morgan fingerprint density at radius 1 is 1.45 bits per heavy atom. The van der Waals surface area contributed by atoms with E-state index < -0.39 is 5.60 Å². The molecular formula is C14H17BrClNO3. The van der Waals surface area contributed by atoms with Crippen molar-refractivity contribution in [2.24, 2.45) is 0 Å². The lowest BCUT2D eigenvalue weighted by molar-refractivity contribution is -0.124. The molecule has 0 unspecified atom stereocenters. The molecule has 110 valence electrons. The molecule has 1 aliphatic carbocycles. The summed E-state index contributed by atoms with van der Waals surface area (Å²) in [6, 6.07) is 5.20. The van der Waals surface area contributed by atoms with Crippen LogP contribution in [0.15, 0.2) is 22.7 Å². The van der Waals surface area contributed by atoms with E-state index in [-0.39, 0.29) is 19.1 Å². The van der Waals surface area contributed by atoms with E-state index in [0.29, 0.717) is 10.8 Å². The minimum atomic E-state index is -0.745. The van der Waals surface area contributed by atoms with Gasteiger partial charge in [0.25, 0.3) is 5.91 Å². The van der Waals surface area contributed by atoms with Crippen LogP contribution in [-0.2, 0) is 4.79 Å². The molecule has 0 radical (unpaired) electrons. The van der Waals surface area contributed by atoms with Crippen LogP contribution < -0.4 is 10.1 Å². The molecule has 20 heavy (non-hydrogen) atoms. The lowest BCUT2D eigenvalue weighted by atomic mass is 10.0. The minimum absolute atomic E-state index is 0.114. The highest BCUT2D eigenvalue weighted by Gasteiger charge is 2.31. The Morgan fingerprint density at radius 3 is 2.80 bits per heavy atom. The van der Waals surface area contributed by atoms with E-state index in [1.807, 2.05) is 0 Å². The first kappa shape index (κ1) is 15.6. The van der Waals surface area contributed by atoms with Gasteiger partial charge in [0.2, 0.25) is 0 Å². The zero-order valence-corrected chi connectivity index (χ0v) is 13.3. The molecule has 4 nitrogen and oxygen atoms in total. The first-order chi connectivity index (χ1) is 9.48. The van der Waals surface area contributed by atoms with Crippen LogP contribution in [0.2, 0.25) is 5.02 Å². The van der Waals surface area contributed by atoms with E-state index in [9.17, 15) is 9.90 Å². The van der Waals surface area contributed by atoms with Gasteiger partial charge in [0.1, 0.15) is 5.75 Å². The van der Waals surface area contributed by atoms with Gasteiger partial charge in [-0.25, -0.2) is 0 Å². The van der Waals surface area contributed by atoms with Crippen LogP contribution in [0.25, 0.3) is 0 Å². The lowest BCUT2D eigenvalue weighted by Gasteiger charge is -2.22. The smallest absolute Gasteiger partial charge is 0.258 e. The first-order valence-corrected chi connectivity index (χ1v) is 7.73. The number of halogens is 2. The summed E-state index contributed by atoms with van der Waals surface area (Å²) in [4.78, 5) is 11.7. The number of carbonyl (C=O) groups is 1. The molecule has 1 aromatic rings. The number of hydrogen-bond acceptors (Lipinski definition) is 3. The largest absolute Gasteiger partial charge is 0.482 e. The van der Waals surface area contributed by atoms with E-state index >= 15 is 0 Å². The Labute approximate surface area is 131 Å². The second-order valence-electron chi connectivity index (χ2n) is 5.07.